The van der Waals surface area contributed by atoms with Crippen molar-refractivity contribution in [1.82, 2.24) is 4.98 Å². The first kappa shape index (κ1) is 12.5. The second-order valence-electron chi connectivity index (χ2n) is 4.67. The quantitative estimate of drug-likeness (QED) is 0.855. The summed E-state index contributed by atoms with van der Waals surface area (Å²) in [6, 6.07) is 5.99. The Labute approximate surface area is 117 Å². The predicted octanol–water partition coefficient (Wildman–Crippen LogP) is 3.71. The van der Waals surface area contributed by atoms with Crippen molar-refractivity contribution in [3.63, 3.8) is 0 Å². The Kier molecular flexibility index (Phi) is 3.42. The fourth-order valence-electron chi connectivity index (χ4n) is 2.44. The average molecular weight is 275 g/mol. The molecule has 0 N–H and O–H groups in total. The van der Waals surface area contributed by atoms with Crippen LogP contribution in [0.15, 0.2) is 18.2 Å². The van der Waals surface area contributed by atoms with E-state index in [1.807, 2.05) is 29.5 Å². The lowest BCUT2D eigenvalue weighted by Gasteiger charge is -2.08. The number of ether oxygens (including phenoxy) is 2. The van der Waals surface area contributed by atoms with Gasteiger partial charge >= 0.3 is 0 Å². The summed E-state index contributed by atoms with van der Waals surface area (Å²) < 4.78 is 10.6. The highest BCUT2D eigenvalue weighted by molar-refractivity contribution is 7.15. The molecule has 0 aliphatic heterocycles. The number of rotatable bonds is 3. The topological polar surface area (TPSA) is 31.4 Å². The zero-order chi connectivity index (χ0) is 13.2. The number of thiazole rings is 1. The van der Waals surface area contributed by atoms with E-state index in [0.717, 1.165) is 28.5 Å². The van der Waals surface area contributed by atoms with Crippen LogP contribution in [0.3, 0.4) is 0 Å². The van der Waals surface area contributed by atoms with E-state index >= 15 is 0 Å². The van der Waals surface area contributed by atoms with E-state index in [2.05, 4.69) is 0 Å². The fourth-order valence-corrected chi connectivity index (χ4v) is 3.59. The zero-order valence-electron chi connectivity index (χ0n) is 11.2. The summed E-state index contributed by atoms with van der Waals surface area (Å²) in [5, 5.41) is 1.09. The minimum Gasteiger partial charge on any atom is -0.493 e. The van der Waals surface area contributed by atoms with E-state index in [4.69, 9.17) is 14.5 Å². The molecule has 0 atom stereocenters. The number of fused-ring (bicyclic) bond motifs is 1. The van der Waals surface area contributed by atoms with Crippen molar-refractivity contribution in [3.05, 3.63) is 28.8 Å². The molecule has 1 aromatic heterocycles. The first-order chi connectivity index (χ1) is 9.31. The van der Waals surface area contributed by atoms with Crippen molar-refractivity contribution >= 4 is 11.3 Å². The van der Waals surface area contributed by atoms with Gasteiger partial charge in [0, 0.05) is 10.4 Å². The molecule has 1 heterocycles. The van der Waals surface area contributed by atoms with Crippen LogP contribution < -0.4 is 9.47 Å². The number of hydrogen-bond acceptors (Lipinski definition) is 4. The zero-order valence-corrected chi connectivity index (χ0v) is 12.0. The largest absolute Gasteiger partial charge is 0.493 e. The van der Waals surface area contributed by atoms with Crippen LogP contribution in [0, 0.1) is 0 Å². The van der Waals surface area contributed by atoms with E-state index in [1.165, 1.54) is 29.8 Å². The molecule has 19 heavy (non-hydrogen) atoms. The summed E-state index contributed by atoms with van der Waals surface area (Å²) in [6.07, 6.45) is 4.86. The van der Waals surface area contributed by atoms with Gasteiger partial charge in [0.2, 0.25) is 0 Å². The molecule has 0 bridgehead atoms. The molecular weight excluding hydrogens is 258 g/mol. The molecule has 0 amide bonds. The van der Waals surface area contributed by atoms with Gasteiger partial charge in [-0.2, -0.15) is 0 Å². The summed E-state index contributed by atoms with van der Waals surface area (Å²) in [7, 11) is 3.31. The number of nitrogens with zero attached hydrogens (tertiary/aromatic N) is 1. The molecule has 1 aliphatic carbocycles. The first-order valence-electron chi connectivity index (χ1n) is 6.53. The summed E-state index contributed by atoms with van der Waals surface area (Å²) >= 11 is 1.81. The second-order valence-corrected chi connectivity index (χ2v) is 5.75. The number of hydrogen-bond donors (Lipinski definition) is 0. The summed E-state index contributed by atoms with van der Waals surface area (Å²) in [6.45, 7) is 0. The van der Waals surface area contributed by atoms with Crippen molar-refractivity contribution in [2.24, 2.45) is 0 Å². The lowest BCUT2D eigenvalue weighted by Crippen LogP contribution is -1.98. The van der Waals surface area contributed by atoms with E-state index in [1.54, 1.807) is 14.2 Å². The predicted molar refractivity (Wildman–Crippen MR) is 77.3 cm³/mol. The number of aromatic nitrogens is 1. The Bertz CT molecular complexity index is 568. The van der Waals surface area contributed by atoms with Gasteiger partial charge in [0.05, 0.1) is 19.9 Å². The molecule has 3 nitrogen and oxygen atoms in total. The highest BCUT2D eigenvalue weighted by atomic mass is 32.1. The molecule has 3 rings (SSSR count). The maximum atomic E-state index is 5.35. The number of methoxy groups -OCH3 is 2. The van der Waals surface area contributed by atoms with Crippen molar-refractivity contribution in [2.45, 2.75) is 25.7 Å². The van der Waals surface area contributed by atoms with Crippen LogP contribution in [0.1, 0.15) is 23.4 Å². The minimum atomic E-state index is 0.757. The molecule has 0 fully saturated rings. The Hall–Kier alpha value is -1.55. The fraction of sp³-hybridized carbons (Fsp3) is 0.400. The van der Waals surface area contributed by atoms with E-state index < -0.39 is 0 Å². The Morgan fingerprint density at radius 2 is 1.84 bits per heavy atom. The molecule has 4 heteroatoms. The van der Waals surface area contributed by atoms with Crippen LogP contribution in [0.25, 0.3) is 10.6 Å². The van der Waals surface area contributed by atoms with Crippen LogP contribution >= 0.6 is 11.3 Å². The third-order valence-electron chi connectivity index (χ3n) is 3.48. The SMILES string of the molecule is COc1ccc(-c2nc3c(s2)CCCC3)cc1OC. The molecule has 1 aromatic carbocycles. The van der Waals surface area contributed by atoms with Gasteiger partial charge in [0.1, 0.15) is 5.01 Å². The Morgan fingerprint density at radius 3 is 2.58 bits per heavy atom. The second kappa shape index (κ2) is 5.21. The minimum absolute atomic E-state index is 0.757. The molecule has 0 saturated carbocycles. The Balaban J connectivity index is 1.99. The highest BCUT2D eigenvalue weighted by Gasteiger charge is 2.16. The molecule has 100 valence electrons. The third kappa shape index (κ3) is 2.32. The van der Waals surface area contributed by atoms with Gasteiger partial charge in [-0.05, 0) is 43.9 Å². The number of aryl methyl sites for hydroxylation is 2. The van der Waals surface area contributed by atoms with Gasteiger partial charge in [0.25, 0.3) is 0 Å². The van der Waals surface area contributed by atoms with Gasteiger partial charge in [-0.1, -0.05) is 0 Å². The van der Waals surface area contributed by atoms with Gasteiger partial charge < -0.3 is 9.47 Å². The van der Waals surface area contributed by atoms with E-state index in [9.17, 15) is 0 Å². The standard InChI is InChI=1S/C15H17NO2S/c1-17-12-8-7-10(9-13(12)18-2)15-16-11-5-3-4-6-14(11)19-15/h7-9H,3-6H2,1-2H3. The van der Waals surface area contributed by atoms with Crippen molar-refractivity contribution in [1.29, 1.82) is 0 Å². The first-order valence-corrected chi connectivity index (χ1v) is 7.34. The maximum Gasteiger partial charge on any atom is 0.161 e. The molecule has 2 aromatic rings. The van der Waals surface area contributed by atoms with Gasteiger partial charge in [-0.15, -0.1) is 11.3 Å². The summed E-state index contributed by atoms with van der Waals surface area (Å²) in [4.78, 5) is 6.23. The number of benzene rings is 1. The van der Waals surface area contributed by atoms with Crippen LogP contribution in [0.2, 0.25) is 0 Å². The smallest absolute Gasteiger partial charge is 0.161 e. The van der Waals surface area contributed by atoms with Crippen LogP contribution in [0.5, 0.6) is 11.5 Å². The van der Waals surface area contributed by atoms with E-state index in [0.29, 0.717) is 0 Å². The molecule has 0 saturated heterocycles. The maximum absolute atomic E-state index is 5.35. The van der Waals surface area contributed by atoms with Crippen LogP contribution in [-0.2, 0) is 12.8 Å². The average Bonchev–Trinajstić information content (AvgIpc) is 2.90. The van der Waals surface area contributed by atoms with E-state index in [-0.39, 0.29) is 0 Å². The normalized spacial score (nSPS) is 14.0. The van der Waals surface area contributed by atoms with Crippen LogP contribution in [0.4, 0.5) is 0 Å². The van der Waals surface area contributed by atoms with Crippen molar-refractivity contribution in [3.8, 4) is 22.1 Å². The molecular formula is C15H17NO2S. The van der Waals surface area contributed by atoms with Crippen molar-refractivity contribution in [2.75, 3.05) is 14.2 Å². The van der Waals surface area contributed by atoms with Gasteiger partial charge in [0.15, 0.2) is 11.5 Å². The van der Waals surface area contributed by atoms with Gasteiger partial charge in [-0.3, -0.25) is 0 Å². The van der Waals surface area contributed by atoms with Crippen molar-refractivity contribution < 1.29 is 9.47 Å². The lowest BCUT2D eigenvalue weighted by atomic mass is 10.0. The molecule has 0 radical (unpaired) electrons. The molecule has 0 spiro atoms. The summed E-state index contributed by atoms with van der Waals surface area (Å²) in [5.74, 6) is 1.51. The van der Waals surface area contributed by atoms with Gasteiger partial charge in [-0.25, -0.2) is 4.98 Å². The molecule has 0 unspecified atom stereocenters. The third-order valence-corrected chi connectivity index (χ3v) is 4.68. The van der Waals surface area contributed by atoms with Crippen LogP contribution in [-0.4, -0.2) is 19.2 Å². The summed E-state index contributed by atoms with van der Waals surface area (Å²) in [5.41, 5.74) is 2.40. The Morgan fingerprint density at radius 1 is 1.05 bits per heavy atom. The molecule has 1 aliphatic rings. The highest BCUT2D eigenvalue weighted by Crippen LogP contribution is 2.36. The monoisotopic (exact) mass is 275 g/mol. The lowest BCUT2D eigenvalue weighted by molar-refractivity contribution is 0.355.